The second kappa shape index (κ2) is 15.9. The van der Waals surface area contributed by atoms with Gasteiger partial charge in [-0.1, -0.05) is 61.8 Å². The van der Waals surface area contributed by atoms with Gasteiger partial charge in [0.2, 0.25) is 0 Å². The molecule has 1 aliphatic heterocycles. The maximum absolute atomic E-state index is 13.3. The van der Waals surface area contributed by atoms with Crippen molar-refractivity contribution in [3.63, 3.8) is 0 Å². The molecular formula is C41H48ClFN2O5. The topological polar surface area (TPSA) is 81.1 Å². The van der Waals surface area contributed by atoms with Gasteiger partial charge in [0.25, 0.3) is 0 Å². The van der Waals surface area contributed by atoms with Crippen molar-refractivity contribution >= 4 is 23.3 Å². The number of hydrogen-bond acceptors (Lipinski definition) is 6. The van der Waals surface area contributed by atoms with Gasteiger partial charge in [0.1, 0.15) is 11.6 Å². The third-order valence-electron chi connectivity index (χ3n) is 8.98. The monoisotopic (exact) mass is 702 g/mol. The van der Waals surface area contributed by atoms with Crippen LogP contribution in [0.1, 0.15) is 81.6 Å². The zero-order chi connectivity index (χ0) is 36.1. The molecule has 0 aliphatic carbocycles. The number of halogens is 2. The van der Waals surface area contributed by atoms with E-state index in [4.69, 9.17) is 30.8 Å². The van der Waals surface area contributed by atoms with Crippen molar-refractivity contribution < 1.29 is 28.5 Å². The minimum atomic E-state index is -1.23. The van der Waals surface area contributed by atoms with Gasteiger partial charge in [-0.05, 0) is 99.0 Å². The van der Waals surface area contributed by atoms with Gasteiger partial charge in [-0.15, -0.1) is 0 Å². The minimum Gasteiger partial charge on any atom is -0.493 e. The highest BCUT2D eigenvalue weighted by Crippen LogP contribution is 2.45. The Hall–Kier alpha value is -3.98. The fraction of sp³-hybridized carbons (Fsp3) is 0.415. The highest BCUT2D eigenvalue weighted by atomic mass is 35.5. The molecule has 0 saturated carbocycles. The summed E-state index contributed by atoms with van der Waals surface area (Å²) in [7, 11) is 0. The largest absolute Gasteiger partial charge is 0.493 e. The van der Waals surface area contributed by atoms with E-state index in [1.165, 1.54) is 12.1 Å². The van der Waals surface area contributed by atoms with Gasteiger partial charge in [-0.25, -0.2) is 9.18 Å². The van der Waals surface area contributed by atoms with Gasteiger partial charge < -0.3 is 24.2 Å². The van der Waals surface area contributed by atoms with Crippen LogP contribution in [0.4, 0.5) is 10.1 Å². The SMILES string of the molecule is Cc1nc(COCc2cccc(Cl)c2)c(-c2ccc(OCCc3ccc(F)cc3)cc2)c(N2CCC(C)(C)CC2)c1C(OC(C)(C)C)C(=O)O. The molecule has 0 radical (unpaired) electrons. The summed E-state index contributed by atoms with van der Waals surface area (Å²) in [5.41, 5.74) is 5.73. The van der Waals surface area contributed by atoms with E-state index in [9.17, 15) is 14.3 Å². The minimum absolute atomic E-state index is 0.169. The zero-order valence-electron chi connectivity index (χ0n) is 29.9. The predicted octanol–water partition coefficient (Wildman–Crippen LogP) is 9.76. The molecule has 4 aromatic rings. The third kappa shape index (κ3) is 9.83. The summed E-state index contributed by atoms with van der Waals surface area (Å²) in [6.45, 7) is 14.5. The molecule has 1 aromatic heterocycles. The molecule has 266 valence electrons. The molecule has 1 N–H and O–H groups in total. The number of anilines is 1. The number of aryl methyl sites for hydroxylation is 1. The molecule has 1 unspecified atom stereocenters. The second-order valence-electron chi connectivity index (χ2n) is 14.8. The predicted molar refractivity (Wildman–Crippen MR) is 196 cm³/mol. The molecule has 1 saturated heterocycles. The van der Waals surface area contributed by atoms with Gasteiger partial charge in [0, 0.05) is 41.4 Å². The molecule has 7 nitrogen and oxygen atoms in total. The molecule has 1 fully saturated rings. The first-order valence-corrected chi connectivity index (χ1v) is 17.6. The molecule has 0 amide bonds. The van der Waals surface area contributed by atoms with Crippen LogP contribution in [0.25, 0.3) is 11.1 Å². The lowest BCUT2D eigenvalue weighted by Gasteiger charge is -2.41. The van der Waals surface area contributed by atoms with Crippen molar-refractivity contribution in [2.75, 3.05) is 24.6 Å². The van der Waals surface area contributed by atoms with Crippen molar-refractivity contribution in [2.45, 2.75) is 85.7 Å². The van der Waals surface area contributed by atoms with Crippen LogP contribution >= 0.6 is 11.6 Å². The smallest absolute Gasteiger partial charge is 0.337 e. The fourth-order valence-corrected chi connectivity index (χ4v) is 6.49. The summed E-state index contributed by atoms with van der Waals surface area (Å²) in [5.74, 6) is -0.639. The van der Waals surface area contributed by atoms with E-state index in [1.807, 2.05) is 76.2 Å². The Morgan fingerprint density at radius 3 is 2.30 bits per heavy atom. The Morgan fingerprint density at radius 2 is 1.68 bits per heavy atom. The van der Waals surface area contributed by atoms with Crippen molar-refractivity contribution in [2.24, 2.45) is 5.41 Å². The average molecular weight is 703 g/mol. The quantitative estimate of drug-likeness (QED) is 0.149. The van der Waals surface area contributed by atoms with Gasteiger partial charge >= 0.3 is 5.97 Å². The summed E-state index contributed by atoms with van der Waals surface area (Å²) in [6.07, 6.45) is 1.31. The lowest BCUT2D eigenvalue weighted by atomic mass is 9.81. The maximum Gasteiger partial charge on any atom is 0.337 e. The zero-order valence-corrected chi connectivity index (χ0v) is 30.6. The number of aliphatic carboxylic acids is 1. The number of benzene rings is 3. The van der Waals surface area contributed by atoms with Gasteiger partial charge in [0.15, 0.2) is 6.10 Å². The van der Waals surface area contributed by atoms with Crippen LogP contribution in [-0.2, 0) is 33.9 Å². The number of aromatic nitrogens is 1. The van der Waals surface area contributed by atoms with Crippen LogP contribution in [0.15, 0.2) is 72.8 Å². The maximum atomic E-state index is 13.3. The summed E-state index contributed by atoms with van der Waals surface area (Å²) in [6, 6.07) is 21.8. The Bertz CT molecular complexity index is 1760. The van der Waals surface area contributed by atoms with Crippen molar-refractivity contribution in [1.29, 1.82) is 0 Å². The number of ether oxygens (including phenoxy) is 3. The number of rotatable bonds is 13. The third-order valence-corrected chi connectivity index (χ3v) is 9.21. The van der Waals surface area contributed by atoms with Gasteiger partial charge in [0.05, 0.1) is 36.8 Å². The molecule has 50 heavy (non-hydrogen) atoms. The second-order valence-corrected chi connectivity index (χ2v) is 15.2. The van der Waals surface area contributed by atoms with Crippen LogP contribution in [-0.4, -0.2) is 41.4 Å². The van der Waals surface area contributed by atoms with E-state index in [0.29, 0.717) is 47.4 Å². The molecule has 5 rings (SSSR count). The van der Waals surface area contributed by atoms with E-state index < -0.39 is 17.7 Å². The molecule has 0 bridgehead atoms. The van der Waals surface area contributed by atoms with Gasteiger partial charge in [-0.2, -0.15) is 0 Å². The molecule has 2 heterocycles. The van der Waals surface area contributed by atoms with Crippen LogP contribution in [0.2, 0.25) is 5.02 Å². The highest BCUT2D eigenvalue weighted by molar-refractivity contribution is 6.30. The highest BCUT2D eigenvalue weighted by Gasteiger charge is 2.37. The number of carboxylic acids is 1. The summed E-state index contributed by atoms with van der Waals surface area (Å²) < 4.78 is 32.0. The fourth-order valence-electron chi connectivity index (χ4n) is 6.28. The molecular weight excluding hydrogens is 655 g/mol. The Kier molecular flexibility index (Phi) is 11.9. The summed E-state index contributed by atoms with van der Waals surface area (Å²) in [4.78, 5) is 20.3. The number of piperidine rings is 1. The molecule has 1 atom stereocenters. The first kappa shape index (κ1) is 37.3. The van der Waals surface area contributed by atoms with E-state index >= 15 is 0 Å². The number of nitrogens with zero attached hydrogens (tertiary/aromatic N) is 2. The van der Waals surface area contributed by atoms with Crippen molar-refractivity contribution in [1.82, 2.24) is 4.98 Å². The summed E-state index contributed by atoms with van der Waals surface area (Å²) >= 11 is 6.24. The first-order chi connectivity index (χ1) is 23.7. The molecule has 0 spiro atoms. The number of hydrogen-bond donors (Lipinski definition) is 1. The number of carboxylic acid groups (broad SMARTS) is 1. The average Bonchev–Trinajstić information content (AvgIpc) is 3.05. The Balaban J connectivity index is 1.57. The summed E-state index contributed by atoms with van der Waals surface area (Å²) in [5, 5.41) is 11.3. The van der Waals surface area contributed by atoms with E-state index in [1.54, 1.807) is 12.1 Å². The standard InChI is InChI=1S/C41H48ClFN2O5/c1-27-35(38(39(46)47)50-40(2,3)4)37(45-21-19-41(5,6)20-22-45)36(34(44-27)26-48-25-29-8-7-9-31(42)24-29)30-12-16-33(17-13-30)49-23-18-28-10-14-32(43)15-11-28/h7-17,24,38H,18-23,25-26H2,1-6H3,(H,46,47). The van der Waals surface area contributed by atoms with E-state index in [-0.39, 0.29) is 17.8 Å². The number of carbonyl (C=O) groups is 1. The molecule has 9 heteroatoms. The lowest BCUT2D eigenvalue weighted by molar-refractivity contribution is -0.160. The normalized spacial score (nSPS) is 15.2. The van der Waals surface area contributed by atoms with Crippen LogP contribution in [0.5, 0.6) is 5.75 Å². The van der Waals surface area contributed by atoms with E-state index in [0.717, 1.165) is 53.9 Å². The van der Waals surface area contributed by atoms with Crippen LogP contribution in [0, 0.1) is 18.2 Å². The van der Waals surface area contributed by atoms with Crippen molar-refractivity contribution in [3.8, 4) is 16.9 Å². The van der Waals surface area contributed by atoms with Gasteiger partial charge in [-0.3, -0.25) is 4.98 Å². The Morgan fingerprint density at radius 1 is 1.00 bits per heavy atom. The van der Waals surface area contributed by atoms with Crippen molar-refractivity contribution in [3.05, 3.63) is 112 Å². The molecule has 1 aliphatic rings. The van der Waals surface area contributed by atoms with Crippen LogP contribution < -0.4 is 9.64 Å². The Labute approximate surface area is 300 Å². The molecule has 3 aromatic carbocycles. The first-order valence-electron chi connectivity index (χ1n) is 17.2. The number of pyridine rings is 1. The van der Waals surface area contributed by atoms with Crippen LogP contribution in [0.3, 0.4) is 0 Å². The lowest BCUT2D eigenvalue weighted by Crippen LogP contribution is -2.39. The van der Waals surface area contributed by atoms with E-state index in [2.05, 4.69) is 18.7 Å².